The smallest absolute Gasteiger partial charge is 0.103 e. The normalized spacial score (nSPS) is 11.8. The van der Waals surface area contributed by atoms with Crippen molar-refractivity contribution in [3.8, 4) is 11.3 Å². The van der Waals surface area contributed by atoms with Crippen LogP contribution < -0.4 is 0 Å². The van der Waals surface area contributed by atoms with Crippen LogP contribution in [0, 0.1) is 0 Å². The minimum absolute atomic E-state index is 0.0770. The molecule has 102 valence electrons. The Bertz CT molecular complexity index is 710. The molecular formula is C16H17N3S. The van der Waals surface area contributed by atoms with Gasteiger partial charge in [-0.05, 0) is 19.4 Å². The zero-order chi connectivity index (χ0) is 14.2. The Morgan fingerprint density at radius 3 is 2.55 bits per heavy atom. The van der Waals surface area contributed by atoms with Crippen LogP contribution in [0.2, 0.25) is 0 Å². The van der Waals surface area contributed by atoms with Crippen LogP contribution in [0.5, 0.6) is 0 Å². The van der Waals surface area contributed by atoms with E-state index in [0.717, 1.165) is 16.3 Å². The fraction of sp³-hybridized carbons (Fsp3) is 0.250. The molecule has 3 nitrogen and oxygen atoms in total. The summed E-state index contributed by atoms with van der Waals surface area (Å²) in [5.41, 5.74) is 3.28. The van der Waals surface area contributed by atoms with E-state index in [4.69, 9.17) is 4.98 Å². The van der Waals surface area contributed by atoms with Crippen LogP contribution in [0.4, 0.5) is 0 Å². The van der Waals surface area contributed by atoms with Gasteiger partial charge in [0, 0.05) is 29.6 Å². The van der Waals surface area contributed by atoms with E-state index in [0.29, 0.717) is 0 Å². The third-order valence-electron chi connectivity index (χ3n) is 3.53. The summed E-state index contributed by atoms with van der Waals surface area (Å²) >= 11 is 1.71. The zero-order valence-corrected chi connectivity index (χ0v) is 12.7. The molecule has 2 heterocycles. The lowest BCUT2D eigenvalue weighted by atomic mass is 9.85. The maximum Gasteiger partial charge on any atom is 0.103 e. The summed E-state index contributed by atoms with van der Waals surface area (Å²) in [6.45, 7) is 4.43. The van der Waals surface area contributed by atoms with Crippen LogP contribution in [-0.2, 0) is 12.5 Å². The van der Waals surface area contributed by atoms with E-state index in [-0.39, 0.29) is 5.41 Å². The number of hydrogen-bond donors (Lipinski definition) is 0. The second-order valence-corrected chi connectivity index (χ2v) is 6.29. The molecule has 0 aliphatic heterocycles. The third kappa shape index (κ3) is 2.27. The molecule has 0 N–H and O–H groups in total. The number of aryl methyl sites for hydroxylation is 1. The van der Waals surface area contributed by atoms with Gasteiger partial charge in [-0.3, -0.25) is 4.68 Å². The second-order valence-electron chi connectivity index (χ2n) is 5.43. The molecule has 4 heteroatoms. The fourth-order valence-corrected chi connectivity index (χ4v) is 3.20. The first-order chi connectivity index (χ1) is 9.57. The van der Waals surface area contributed by atoms with Crippen molar-refractivity contribution in [2.75, 3.05) is 0 Å². The van der Waals surface area contributed by atoms with E-state index < -0.39 is 0 Å². The third-order valence-corrected chi connectivity index (χ3v) is 4.70. The monoisotopic (exact) mass is 283 g/mol. The maximum atomic E-state index is 4.81. The summed E-state index contributed by atoms with van der Waals surface area (Å²) in [6, 6.07) is 10.5. The summed E-state index contributed by atoms with van der Waals surface area (Å²) in [5, 5.41) is 7.44. The van der Waals surface area contributed by atoms with Crippen molar-refractivity contribution in [1.29, 1.82) is 0 Å². The number of hydrogen-bond acceptors (Lipinski definition) is 3. The molecule has 0 bridgehead atoms. The van der Waals surface area contributed by atoms with Crippen LogP contribution in [0.15, 0.2) is 48.1 Å². The van der Waals surface area contributed by atoms with Crippen molar-refractivity contribution in [3.05, 3.63) is 58.7 Å². The molecule has 3 rings (SSSR count). The molecule has 0 saturated carbocycles. The Kier molecular flexibility index (Phi) is 3.18. The van der Waals surface area contributed by atoms with Gasteiger partial charge >= 0.3 is 0 Å². The second kappa shape index (κ2) is 4.87. The van der Waals surface area contributed by atoms with E-state index in [1.165, 1.54) is 5.56 Å². The Morgan fingerprint density at radius 1 is 1.15 bits per heavy atom. The maximum absolute atomic E-state index is 4.81. The van der Waals surface area contributed by atoms with Gasteiger partial charge in [-0.15, -0.1) is 11.3 Å². The van der Waals surface area contributed by atoms with Crippen molar-refractivity contribution in [3.63, 3.8) is 0 Å². The summed E-state index contributed by atoms with van der Waals surface area (Å²) in [6.07, 6.45) is 3.85. The van der Waals surface area contributed by atoms with Gasteiger partial charge in [0.25, 0.3) is 0 Å². The highest BCUT2D eigenvalue weighted by molar-refractivity contribution is 7.10. The van der Waals surface area contributed by atoms with Gasteiger partial charge in [-0.1, -0.05) is 30.3 Å². The summed E-state index contributed by atoms with van der Waals surface area (Å²) in [7, 11) is 1.92. The minimum atomic E-state index is -0.0770. The molecule has 0 aliphatic rings. The predicted molar refractivity (Wildman–Crippen MR) is 82.9 cm³/mol. The first kappa shape index (κ1) is 13.1. The van der Waals surface area contributed by atoms with Gasteiger partial charge < -0.3 is 0 Å². The molecule has 0 spiro atoms. The molecular weight excluding hydrogens is 266 g/mol. The van der Waals surface area contributed by atoms with E-state index in [9.17, 15) is 0 Å². The SMILES string of the molecule is Cn1cc(-c2csc(C(C)(C)c3ccccc3)n2)cn1. The Labute approximate surface area is 122 Å². The molecule has 0 amide bonds. The van der Waals surface area contributed by atoms with Gasteiger partial charge in [-0.25, -0.2) is 4.98 Å². The molecule has 0 fully saturated rings. The minimum Gasteiger partial charge on any atom is -0.275 e. The van der Waals surface area contributed by atoms with Crippen LogP contribution in [0.3, 0.4) is 0 Å². The highest BCUT2D eigenvalue weighted by atomic mass is 32.1. The van der Waals surface area contributed by atoms with Crippen LogP contribution in [0.1, 0.15) is 24.4 Å². The molecule has 0 atom stereocenters. The van der Waals surface area contributed by atoms with Gasteiger partial charge in [0.1, 0.15) is 5.01 Å². The average Bonchev–Trinajstić information content (AvgIpc) is 3.08. The summed E-state index contributed by atoms with van der Waals surface area (Å²) < 4.78 is 1.80. The van der Waals surface area contributed by atoms with E-state index in [1.54, 1.807) is 16.0 Å². The van der Waals surface area contributed by atoms with Crippen molar-refractivity contribution < 1.29 is 0 Å². The van der Waals surface area contributed by atoms with Crippen molar-refractivity contribution >= 4 is 11.3 Å². The molecule has 20 heavy (non-hydrogen) atoms. The van der Waals surface area contributed by atoms with Gasteiger partial charge in [0.15, 0.2) is 0 Å². The first-order valence-corrected chi connectivity index (χ1v) is 7.46. The van der Waals surface area contributed by atoms with E-state index >= 15 is 0 Å². The Hall–Kier alpha value is -1.94. The molecule has 0 radical (unpaired) electrons. The number of benzene rings is 1. The van der Waals surface area contributed by atoms with Crippen molar-refractivity contribution in [2.45, 2.75) is 19.3 Å². The number of rotatable bonds is 3. The molecule has 3 aromatic rings. The van der Waals surface area contributed by atoms with Crippen LogP contribution in [-0.4, -0.2) is 14.8 Å². The standard InChI is InChI=1S/C16H17N3S/c1-16(2,13-7-5-4-6-8-13)15-18-14(11-20-15)12-9-17-19(3)10-12/h4-11H,1-3H3. The van der Waals surface area contributed by atoms with Gasteiger partial charge in [-0.2, -0.15) is 5.10 Å². The van der Waals surface area contributed by atoms with Gasteiger partial charge in [0.2, 0.25) is 0 Å². The number of nitrogens with zero attached hydrogens (tertiary/aromatic N) is 3. The highest BCUT2D eigenvalue weighted by Crippen LogP contribution is 2.35. The molecule has 2 aromatic heterocycles. The number of thiazole rings is 1. The summed E-state index contributed by atoms with van der Waals surface area (Å²) in [4.78, 5) is 4.81. The summed E-state index contributed by atoms with van der Waals surface area (Å²) in [5.74, 6) is 0. The molecule has 0 saturated heterocycles. The molecule has 0 aliphatic carbocycles. The largest absolute Gasteiger partial charge is 0.275 e. The Morgan fingerprint density at radius 2 is 1.90 bits per heavy atom. The lowest BCUT2D eigenvalue weighted by molar-refractivity contribution is 0.635. The quantitative estimate of drug-likeness (QED) is 0.730. The molecule has 0 unspecified atom stereocenters. The van der Waals surface area contributed by atoms with Crippen molar-refractivity contribution in [1.82, 2.24) is 14.8 Å². The Balaban J connectivity index is 1.97. The van der Waals surface area contributed by atoms with Crippen LogP contribution in [0.25, 0.3) is 11.3 Å². The highest BCUT2D eigenvalue weighted by Gasteiger charge is 2.26. The lowest BCUT2D eigenvalue weighted by Gasteiger charge is -2.22. The number of aromatic nitrogens is 3. The van der Waals surface area contributed by atoms with E-state index in [1.807, 2.05) is 25.5 Å². The van der Waals surface area contributed by atoms with Gasteiger partial charge in [0.05, 0.1) is 11.9 Å². The molecule has 1 aromatic carbocycles. The zero-order valence-electron chi connectivity index (χ0n) is 11.9. The first-order valence-electron chi connectivity index (χ1n) is 6.58. The van der Waals surface area contributed by atoms with Crippen LogP contribution >= 0.6 is 11.3 Å². The van der Waals surface area contributed by atoms with Crippen molar-refractivity contribution in [2.24, 2.45) is 7.05 Å². The average molecular weight is 283 g/mol. The fourth-order valence-electron chi connectivity index (χ4n) is 2.23. The lowest BCUT2D eigenvalue weighted by Crippen LogP contribution is -2.18. The predicted octanol–water partition coefficient (Wildman–Crippen LogP) is 3.87. The topological polar surface area (TPSA) is 30.7 Å². The van der Waals surface area contributed by atoms with E-state index in [2.05, 4.69) is 48.6 Å².